The van der Waals surface area contributed by atoms with Crippen LogP contribution in [-0.2, 0) is 16.1 Å². The van der Waals surface area contributed by atoms with Gasteiger partial charge in [0.25, 0.3) is 0 Å². The lowest BCUT2D eigenvalue weighted by Gasteiger charge is -2.15. The predicted octanol–water partition coefficient (Wildman–Crippen LogP) is 1.86. The third-order valence-corrected chi connectivity index (χ3v) is 3.70. The van der Waals surface area contributed by atoms with Gasteiger partial charge in [0.1, 0.15) is 11.7 Å². The van der Waals surface area contributed by atoms with E-state index >= 15 is 0 Å². The van der Waals surface area contributed by atoms with Gasteiger partial charge in [-0.2, -0.15) is 0 Å². The number of nitrogens with two attached hydrogens (primary N) is 2. The van der Waals surface area contributed by atoms with E-state index < -0.39 is 17.7 Å². The highest BCUT2D eigenvalue weighted by Gasteiger charge is 2.28. The summed E-state index contributed by atoms with van der Waals surface area (Å²) >= 11 is 11.9. The van der Waals surface area contributed by atoms with Gasteiger partial charge in [-0.3, -0.25) is 9.59 Å². The molecule has 1 heterocycles. The number of halogens is 2. The number of anilines is 1. The third kappa shape index (κ3) is 4.34. The van der Waals surface area contributed by atoms with E-state index in [1.807, 2.05) is 0 Å². The van der Waals surface area contributed by atoms with E-state index in [2.05, 4.69) is 10.3 Å². The summed E-state index contributed by atoms with van der Waals surface area (Å²) in [7, 11) is 0. The number of carbonyl (C=O) groups excluding carboxylic acids is 2. The number of nitrogen functional groups attached to an aromatic ring is 1. The van der Waals surface area contributed by atoms with E-state index in [1.165, 1.54) is 24.4 Å². The van der Waals surface area contributed by atoms with Crippen molar-refractivity contribution < 1.29 is 9.59 Å². The predicted molar refractivity (Wildman–Crippen MR) is 88.9 cm³/mol. The first-order valence-electron chi connectivity index (χ1n) is 6.61. The lowest BCUT2D eigenvalue weighted by Crippen LogP contribution is -2.37. The first kappa shape index (κ1) is 17.1. The number of hydrogen-bond acceptors (Lipinski definition) is 4. The molecule has 0 spiro atoms. The SMILES string of the molecule is NC(=O)[C@@H](C(=O)NCc1ccc(N)nc1)c1ccc(Cl)cc1Cl. The van der Waals surface area contributed by atoms with E-state index in [1.54, 1.807) is 12.1 Å². The lowest BCUT2D eigenvalue weighted by atomic mass is 9.97. The zero-order valence-electron chi connectivity index (χ0n) is 11.9. The molecule has 0 radical (unpaired) electrons. The first-order chi connectivity index (χ1) is 10.9. The summed E-state index contributed by atoms with van der Waals surface area (Å²) in [6.07, 6.45) is 1.53. The van der Waals surface area contributed by atoms with Gasteiger partial charge < -0.3 is 16.8 Å². The molecule has 0 aliphatic rings. The van der Waals surface area contributed by atoms with E-state index in [9.17, 15) is 9.59 Å². The fraction of sp³-hybridized carbons (Fsp3) is 0.133. The Kier molecular flexibility index (Phi) is 5.41. The zero-order chi connectivity index (χ0) is 17.0. The number of rotatable bonds is 5. The molecule has 0 unspecified atom stereocenters. The Labute approximate surface area is 142 Å². The van der Waals surface area contributed by atoms with E-state index in [4.69, 9.17) is 34.7 Å². The van der Waals surface area contributed by atoms with Crippen LogP contribution in [0.15, 0.2) is 36.5 Å². The standard InChI is InChI=1S/C15H14Cl2N4O2/c16-9-2-3-10(11(17)5-9)13(14(19)22)15(23)21-7-8-1-4-12(18)20-6-8/h1-6,13H,7H2,(H2,18,20)(H2,19,22)(H,21,23)/t13-/m0/s1. The van der Waals surface area contributed by atoms with Crippen LogP contribution in [0.1, 0.15) is 17.0 Å². The number of amides is 2. The molecule has 0 aliphatic heterocycles. The van der Waals surface area contributed by atoms with Crippen molar-refractivity contribution in [3.8, 4) is 0 Å². The number of hydrogen-bond donors (Lipinski definition) is 3. The number of primary amides is 1. The molecule has 1 aromatic carbocycles. The number of carbonyl (C=O) groups is 2. The van der Waals surface area contributed by atoms with Crippen molar-refractivity contribution in [3.63, 3.8) is 0 Å². The van der Waals surface area contributed by atoms with Crippen molar-refractivity contribution in [2.24, 2.45) is 5.73 Å². The molecular formula is C15H14Cl2N4O2. The van der Waals surface area contributed by atoms with Crippen molar-refractivity contribution in [1.29, 1.82) is 0 Å². The fourth-order valence-electron chi connectivity index (χ4n) is 1.99. The van der Waals surface area contributed by atoms with Crippen LogP contribution in [0.4, 0.5) is 5.82 Å². The molecule has 23 heavy (non-hydrogen) atoms. The second kappa shape index (κ2) is 7.30. The van der Waals surface area contributed by atoms with Crippen LogP contribution < -0.4 is 16.8 Å². The number of benzene rings is 1. The smallest absolute Gasteiger partial charge is 0.237 e. The average Bonchev–Trinajstić information content (AvgIpc) is 2.49. The second-order valence-corrected chi connectivity index (χ2v) is 5.65. The Morgan fingerprint density at radius 3 is 2.52 bits per heavy atom. The molecule has 120 valence electrons. The summed E-state index contributed by atoms with van der Waals surface area (Å²) in [4.78, 5) is 27.9. The van der Waals surface area contributed by atoms with Gasteiger partial charge in [0, 0.05) is 22.8 Å². The van der Waals surface area contributed by atoms with Crippen LogP contribution in [0.3, 0.4) is 0 Å². The van der Waals surface area contributed by atoms with Crippen LogP contribution in [0, 0.1) is 0 Å². The Balaban J connectivity index is 2.15. The largest absolute Gasteiger partial charge is 0.384 e. The van der Waals surface area contributed by atoms with Gasteiger partial charge in [-0.25, -0.2) is 4.98 Å². The van der Waals surface area contributed by atoms with Gasteiger partial charge >= 0.3 is 0 Å². The molecular weight excluding hydrogens is 339 g/mol. The Morgan fingerprint density at radius 1 is 1.22 bits per heavy atom. The molecule has 6 nitrogen and oxygen atoms in total. The topological polar surface area (TPSA) is 111 Å². The van der Waals surface area contributed by atoms with Crippen molar-refractivity contribution in [3.05, 3.63) is 57.7 Å². The third-order valence-electron chi connectivity index (χ3n) is 3.13. The van der Waals surface area contributed by atoms with Crippen molar-refractivity contribution >= 4 is 40.8 Å². The number of aromatic nitrogens is 1. The maximum absolute atomic E-state index is 12.3. The molecule has 1 aromatic heterocycles. The van der Waals surface area contributed by atoms with Crippen LogP contribution in [0.2, 0.25) is 10.0 Å². The molecule has 8 heteroatoms. The van der Waals surface area contributed by atoms with Gasteiger partial charge in [0.15, 0.2) is 0 Å². The van der Waals surface area contributed by atoms with E-state index in [0.29, 0.717) is 16.4 Å². The summed E-state index contributed by atoms with van der Waals surface area (Å²) in [5.41, 5.74) is 11.9. The number of nitrogens with one attached hydrogen (secondary N) is 1. The minimum absolute atomic E-state index is 0.182. The van der Waals surface area contributed by atoms with Crippen molar-refractivity contribution in [2.45, 2.75) is 12.5 Å². The molecule has 0 saturated carbocycles. The van der Waals surface area contributed by atoms with Gasteiger partial charge in [0.2, 0.25) is 11.8 Å². The first-order valence-corrected chi connectivity index (χ1v) is 7.36. The van der Waals surface area contributed by atoms with Gasteiger partial charge in [-0.05, 0) is 29.3 Å². The molecule has 1 atom stereocenters. The summed E-state index contributed by atoms with van der Waals surface area (Å²) < 4.78 is 0. The maximum Gasteiger partial charge on any atom is 0.237 e. The molecule has 0 saturated heterocycles. The van der Waals surface area contributed by atoms with E-state index in [-0.39, 0.29) is 11.6 Å². The summed E-state index contributed by atoms with van der Waals surface area (Å²) in [6.45, 7) is 0.182. The molecule has 2 amide bonds. The second-order valence-electron chi connectivity index (χ2n) is 4.81. The van der Waals surface area contributed by atoms with Crippen LogP contribution in [0.5, 0.6) is 0 Å². The molecule has 0 bridgehead atoms. The Morgan fingerprint density at radius 2 is 1.96 bits per heavy atom. The average molecular weight is 353 g/mol. The molecule has 2 aromatic rings. The highest BCUT2D eigenvalue weighted by Crippen LogP contribution is 2.27. The fourth-order valence-corrected chi connectivity index (χ4v) is 2.51. The van der Waals surface area contributed by atoms with E-state index in [0.717, 1.165) is 5.56 Å². The molecule has 0 aliphatic carbocycles. The quantitative estimate of drug-likeness (QED) is 0.713. The van der Waals surface area contributed by atoms with Crippen LogP contribution >= 0.6 is 23.2 Å². The number of nitrogens with zero attached hydrogens (tertiary/aromatic N) is 1. The van der Waals surface area contributed by atoms with Crippen LogP contribution in [-0.4, -0.2) is 16.8 Å². The Bertz CT molecular complexity index is 735. The van der Waals surface area contributed by atoms with Crippen LogP contribution in [0.25, 0.3) is 0 Å². The summed E-state index contributed by atoms with van der Waals surface area (Å²) in [6, 6.07) is 7.83. The highest BCUT2D eigenvalue weighted by atomic mass is 35.5. The normalized spacial score (nSPS) is 11.7. The van der Waals surface area contributed by atoms with Gasteiger partial charge in [-0.1, -0.05) is 35.3 Å². The Hall–Kier alpha value is -2.31. The van der Waals surface area contributed by atoms with Gasteiger partial charge in [0.05, 0.1) is 0 Å². The lowest BCUT2D eigenvalue weighted by molar-refractivity contribution is -0.130. The minimum atomic E-state index is -1.21. The summed E-state index contributed by atoms with van der Waals surface area (Å²) in [5.74, 6) is -2.19. The van der Waals surface area contributed by atoms with Crippen molar-refractivity contribution in [1.82, 2.24) is 10.3 Å². The van der Waals surface area contributed by atoms with Crippen molar-refractivity contribution in [2.75, 3.05) is 5.73 Å². The molecule has 2 rings (SSSR count). The zero-order valence-corrected chi connectivity index (χ0v) is 13.4. The highest BCUT2D eigenvalue weighted by molar-refractivity contribution is 6.35. The summed E-state index contributed by atoms with van der Waals surface area (Å²) in [5, 5.41) is 3.23. The minimum Gasteiger partial charge on any atom is -0.384 e. The number of pyridine rings is 1. The molecule has 5 N–H and O–H groups in total. The monoisotopic (exact) mass is 352 g/mol. The maximum atomic E-state index is 12.3. The van der Waals surface area contributed by atoms with Gasteiger partial charge in [-0.15, -0.1) is 0 Å². The molecule has 0 fully saturated rings.